The number of rotatable bonds is 5. The van der Waals surface area contributed by atoms with Crippen LogP contribution in [0.1, 0.15) is 18.9 Å². The molecule has 0 amide bonds. The normalized spacial score (nSPS) is 11.9. The number of hydrogen-bond donors (Lipinski definition) is 1. The Morgan fingerprint density at radius 1 is 1.50 bits per heavy atom. The van der Waals surface area contributed by atoms with Crippen molar-refractivity contribution in [2.75, 3.05) is 13.6 Å². The lowest BCUT2D eigenvalue weighted by molar-refractivity contribution is 0.613. The fraction of sp³-hybridized carbons (Fsp3) is 0.385. The summed E-state index contributed by atoms with van der Waals surface area (Å²) in [4.78, 5) is 0. The third kappa shape index (κ3) is 3.95. The van der Waals surface area contributed by atoms with E-state index in [4.69, 9.17) is 11.6 Å². The van der Waals surface area contributed by atoms with Crippen LogP contribution in [0.25, 0.3) is 0 Å². The maximum atomic E-state index is 13.6. The molecule has 0 fully saturated rings. The van der Waals surface area contributed by atoms with Gasteiger partial charge in [-0.1, -0.05) is 35.4 Å². The quantitative estimate of drug-likeness (QED) is 0.614. The summed E-state index contributed by atoms with van der Waals surface area (Å²) in [6.07, 6.45) is 3.71. The number of hydrogen-bond acceptors (Lipinski definition) is 1. The molecule has 0 spiro atoms. The number of halogens is 2. The summed E-state index contributed by atoms with van der Waals surface area (Å²) in [7, 11) is 1.92. The molecule has 1 nitrogen and oxygen atoms in total. The van der Waals surface area contributed by atoms with E-state index in [1.54, 1.807) is 18.2 Å². The predicted molar refractivity (Wildman–Crippen MR) is 67.4 cm³/mol. The zero-order valence-electron chi connectivity index (χ0n) is 9.69. The monoisotopic (exact) mass is 241 g/mol. The van der Waals surface area contributed by atoms with Crippen molar-refractivity contribution in [3.8, 4) is 0 Å². The first-order valence-corrected chi connectivity index (χ1v) is 5.76. The lowest BCUT2D eigenvalue weighted by Crippen LogP contribution is -2.06. The molecule has 0 unspecified atom stereocenters. The molecular weight excluding hydrogens is 225 g/mol. The summed E-state index contributed by atoms with van der Waals surface area (Å²) in [6, 6.07) is 5.12. The first-order chi connectivity index (χ1) is 7.65. The second-order valence-electron chi connectivity index (χ2n) is 3.83. The van der Waals surface area contributed by atoms with Crippen molar-refractivity contribution in [2.45, 2.75) is 19.8 Å². The molecule has 0 saturated carbocycles. The third-order valence-electron chi connectivity index (χ3n) is 2.39. The van der Waals surface area contributed by atoms with Gasteiger partial charge < -0.3 is 5.32 Å². The van der Waals surface area contributed by atoms with E-state index in [1.807, 2.05) is 14.0 Å². The average Bonchev–Trinajstić information content (AvgIpc) is 2.25. The van der Waals surface area contributed by atoms with Gasteiger partial charge in [-0.05, 0) is 45.0 Å². The highest BCUT2D eigenvalue weighted by molar-refractivity contribution is 6.30. The van der Waals surface area contributed by atoms with Crippen molar-refractivity contribution >= 4 is 11.6 Å². The summed E-state index contributed by atoms with van der Waals surface area (Å²) in [6.45, 7) is 2.95. The van der Waals surface area contributed by atoms with Crippen molar-refractivity contribution in [3.63, 3.8) is 0 Å². The molecule has 3 heteroatoms. The summed E-state index contributed by atoms with van der Waals surface area (Å²) in [5.74, 6) is -0.300. The Labute approximate surface area is 101 Å². The summed E-state index contributed by atoms with van der Waals surface area (Å²) in [5.41, 5.74) is 1.82. The molecule has 1 rings (SSSR count). The Morgan fingerprint density at radius 3 is 2.94 bits per heavy atom. The summed E-state index contributed by atoms with van der Waals surface area (Å²) < 4.78 is 13.6. The van der Waals surface area contributed by atoms with Crippen LogP contribution in [-0.2, 0) is 6.42 Å². The molecule has 1 aromatic rings. The van der Waals surface area contributed by atoms with Gasteiger partial charge in [-0.25, -0.2) is 4.39 Å². The van der Waals surface area contributed by atoms with Crippen molar-refractivity contribution in [1.29, 1.82) is 0 Å². The molecule has 1 aromatic carbocycles. The first kappa shape index (κ1) is 13.2. The van der Waals surface area contributed by atoms with E-state index in [1.165, 1.54) is 0 Å². The minimum atomic E-state index is -0.300. The van der Waals surface area contributed by atoms with Crippen LogP contribution >= 0.6 is 11.6 Å². The second kappa shape index (κ2) is 6.66. The smallest absolute Gasteiger partial charge is 0.145 e. The zero-order chi connectivity index (χ0) is 12.0. The molecule has 0 aliphatic heterocycles. The Morgan fingerprint density at radius 2 is 2.25 bits per heavy atom. The molecule has 0 aliphatic carbocycles. The van der Waals surface area contributed by atoms with Gasteiger partial charge in [-0.3, -0.25) is 0 Å². The van der Waals surface area contributed by atoms with Crippen molar-refractivity contribution < 1.29 is 4.39 Å². The van der Waals surface area contributed by atoms with E-state index in [0.29, 0.717) is 12.0 Å². The molecule has 16 heavy (non-hydrogen) atoms. The Bertz CT molecular complexity index is 374. The fourth-order valence-corrected chi connectivity index (χ4v) is 1.71. The van der Waals surface area contributed by atoms with E-state index in [9.17, 15) is 4.39 Å². The number of benzene rings is 1. The number of allylic oxidation sites excluding steroid dienone is 1. The third-order valence-corrected chi connectivity index (χ3v) is 2.68. The lowest BCUT2D eigenvalue weighted by atomic mass is 10.0. The van der Waals surface area contributed by atoms with Crippen LogP contribution < -0.4 is 5.32 Å². The summed E-state index contributed by atoms with van der Waals surface area (Å²) in [5, 5.41) is 3.26. The minimum absolute atomic E-state index is 0.195. The highest BCUT2D eigenvalue weighted by atomic mass is 35.5. The Kier molecular flexibility index (Phi) is 5.50. The van der Waals surface area contributed by atoms with Crippen LogP contribution in [0, 0.1) is 5.82 Å². The zero-order valence-corrected chi connectivity index (χ0v) is 10.4. The van der Waals surface area contributed by atoms with Crippen LogP contribution in [0.15, 0.2) is 29.8 Å². The maximum absolute atomic E-state index is 13.6. The maximum Gasteiger partial charge on any atom is 0.145 e. The van der Waals surface area contributed by atoms with Gasteiger partial charge in [0, 0.05) is 0 Å². The molecule has 0 saturated heterocycles. The first-order valence-electron chi connectivity index (χ1n) is 5.38. The minimum Gasteiger partial charge on any atom is -0.319 e. The molecular formula is C13H17ClFN. The SMILES string of the molecule is CNCC/C=C(/C)Cc1cccc(Cl)c1F. The molecule has 0 aromatic heterocycles. The summed E-state index contributed by atoms with van der Waals surface area (Å²) >= 11 is 5.72. The van der Waals surface area contributed by atoms with E-state index in [0.717, 1.165) is 18.5 Å². The van der Waals surface area contributed by atoms with Crippen molar-refractivity contribution in [3.05, 3.63) is 46.3 Å². The predicted octanol–water partition coefficient (Wildman–Crippen LogP) is 3.58. The molecule has 0 radical (unpaired) electrons. The van der Waals surface area contributed by atoms with Crippen molar-refractivity contribution in [2.24, 2.45) is 0 Å². The topological polar surface area (TPSA) is 12.0 Å². The Balaban J connectivity index is 2.66. The molecule has 1 N–H and O–H groups in total. The standard InChI is InChI=1S/C13H17ClFN/c1-10(5-4-8-16-2)9-11-6-3-7-12(14)13(11)15/h3,5-7,16H,4,8-9H2,1-2H3/b10-5-. The molecule has 88 valence electrons. The van der Waals surface area contributed by atoms with Crippen LogP contribution in [0.3, 0.4) is 0 Å². The van der Waals surface area contributed by atoms with Crippen LogP contribution in [-0.4, -0.2) is 13.6 Å². The molecule has 0 aliphatic rings. The second-order valence-corrected chi connectivity index (χ2v) is 4.24. The highest BCUT2D eigenvalue weighted by Gasteiger charge is 2.05. The largest absolute Gasteiger partial charge is 0.319 e. The van der Waals surface area contributed by atoms with Crippen LogP contribution in [0.2, 0.25) is 5.02 Å². The van der Waals surface area contributed by atoms with Gasteiger partial charge in [0.05, 0.1) is 5.02 Å². The van der Waals surface area contributed by atoms with E-state index in [-0.39, 0.29) is 10.8 Å². The molecule has 0 atom stereocenters. The van der Waals surface area contributed by atoms with Gasteiger partial charge in [-0.15, -0.1) is 0 Å². The van der Waals surface area contributed by atoms with Gasteiger partial charge >= 0.3 is 0 Å². The van der Waals surface area contributed by atoms with Gasteiger partial charge in [0.25, 0.3) is 0 Å². The molecule has 0 bridgehead atoms. The van der Waals surface area contributed by atoms with Gasteiger partial charge in [-0.2, -0.15) is 0 Å². The lowest BCUT2D eigenvalue weighted by Gasteiger charge is -2.05. The van der Waals surface area contributed by atoms with E-state index >= 15 is 0 Å². The molecule has 0 heterocycles. The van der Waals surface area contributed by atoms with E-state index < -0.39 is 0 Å². The fourth-order valence-electron chi connectivity index (χ4n) is 1.52. The van der Waals surface area contributed by atoms with Crippen molar-refractivity contribution in [1.82, 2.24) is 5.32 Å². The van der Waals surface area contributed by atoms with E-state index in [2.05, 4.69) is 11.4 Å². The van der Waals surface area contributed by atoms with Crippen LogP contribution in [0.5, 0.6) is 0 Å². The van der Waals surface area contributed by atoms with Gasteiger partial charge in [0.2, 0.25) is 0 Å². The van der Waals surface area contributed by atoms with Gasteiger partial charge in [0.1, 0.15) is 5.82 Å². The Hall–Kier alpha value is -0.860. The highest BCUT2D eigenvalue weighted by Crippen LogP contribution is 2.20. The van der Waals surface area contributed by atoms with Gasteiger partial charge in [0.15, 0.2) is 0 Å². The average molecular weight is 242 g/mol. The van der Waals surface area contributed by atoms with Crippen LogP contribution in [0.4, 0.5) is 4.39 Å². The number of nitrogens with one attached hydrogen (secondary N) is 1.